The van der Waals surface area contributed by atoms with E-state index in [1.165, 1.54) is 4.90 Å². The summed E-state index contributed by atoms with van der Waals surface area (Å²) in [6.45, 7) is 7.02. The van der Waals surface area contributed by atoms with Crippen LogP contribution in [0.1, 0.15) is 39.7 Å². The first-order valence-electron chi connectivity index (χ1n) is 10.8. The maximum atomic E-state index is 13.6. The summed E-state index contributed by atoms with van der Waals surface area (Å²) >= 11 is 8.47. The number of anilines is 1. The van der Waals surface area contributed by atoms with Crippen LogP contribution < -0.4 is 9.62 Å². The number of amides is 2. The Labute approximate surface area is 221 Å². The van der Waals surface area contributed by atoms with Crippen LogP contribution in [-0.4, -0.2) is 49.5 Å². The molecule has 0 aliphatic rings. The van der Waals surface area contributed by atoms with E-state index >= 15 is 0 Å². The molecule has 0 saturated carbocycles. The van der Waals surface area contributed by atoms with E-state index in [1.807, 2.05) is 27.7 Å². The van der Waals surface area contributed by atoms with Crippen molar-refractivity contribution in [2.45, 2.75) is 52.2 Å². The summed E-state index contributed by atoms with van der Waals surface area (Å²) in [6.07, 6.45) is 1.40. The number of nitrogens with one attached hydrogen (secondary N) is 1. The van der Waals surface area contributed by atoms with Crippen LogP contribution in [0.15, 0.2) is 48.5 Å². The number of benzene rings is 2. The molecule has 0 aliphatic carbocycles. The maximum Gasteiger partial charge on any atom is 0.244 e. The van der Waals surface area contributed by atoms with Gasteiger partial charge in [0, 0.05) is 20.7 Å². The highest BCUT2D eigenvalue weighted by atomic mass is 127. The summed E-state index contributed by atoms with van der Waals surface area (Å²) in [5.74, 6) is -0.810. The summed E-state index contributed by atoms with van der Waals surface area (Å²) in [5, 5.41) is 3.39. The second-order valence-corrected chi connectivity index (χ2v) is 12.6. The number of carbonyl (C=O) groups is 2. The topological polar surface area (TPSA) is 86.8 Å². The second-order valence-electron chi connectivity index (χ2n) is 9.02. The summed E-state index contributed by atoms with van der Waals surface area (Å²) in [7, 11) is -3.77. The van der Waals surface area contributed by atoms with Crippen LogP contribution in [0.4, 0.5) is 5.69 Å². The second kappa shape index (κ2) is 11.7. The third kappa shape index (κ3) is 8.13. The van der Waals surface area contributed by atoms with Gasteiger partial charge in [0.05, 0.1) is 11.9 Å². The Morgan fingerprint density at radius 1 is 1.09 bits per heavy atom. The number of carbonyl (C=O) groups excluding carboxylic acids is 2. The standard InChI is InChI=1S/C24H31ClIN3O4S/c1-6-21(23(31)27-24(2,3)4)28(15-17-9-7-8-10-20(17)25)22(30)16-29(34(5,32)33)19-13-11-18(26)12-14-19/h7-14,21H,6,15-16H2,1-5H3,(H,27,31)/t21-/m1/s1. The SMILES string of the molecule is CC[C@H](C(=O)NC(C)(C)C)N(Cc1ccccc1Cl)C(=O)CN(c1ccc(I)cc1)S(C)(=O)=O. The number of halogens is 2. The highest BCUT2D eigenvalue weighted by Crippen LogP contribution is 2.23. The van der Waals surface area contributed by atoms with Gasteiger partial charge >= 0.3 is 0 Å². The van der Waals surface area contributed by atoms with E-state index in [4.69, 9.17) is 11.6 Å². The van der Waals surface area contributed by atoms with Gasteiger partial charge in [0.2, 0.25) is 21.8 Å². The third-order valence-corrected chi connectivity index (χ3v) is 7.20. The smallest absolute Gasteiger partial charge is 0.244 e. The Morgan fingerprint density at radius 3 is 2.18 bits per heavy atom. The zero-order valence-corrected chi connectivity index (χ0v) is 23.7. The van der Waals surface area contributed by atoms with E-state index in [2.05, 4.69) is 27.9 Å². The molecule has 0 radical (unpaired) electrons. The molecule has 0 bridgehead atoms. The van der Waals surface area contributed by atoms with Crippen molar-refractivity contribution in [1.29, 1.82) is 0 Å². The van der Waals surface area contributed by atoms with Crippen LogP contribution in [0, 0.1) is 3.57 Å². The first-order valence-corrected chi connectivity index (χ1v) is 14.1. The van der Waals surface area contributed by atoms with E-state index in [1.54, 1.807) is 48.5 Å². The Hall–Kier alpha value is -1.85. The number of rotatable bonds is 9. The molecule has 1 atom stereocenters. The van der Waals surface area contributed by atoms with E-state index in [9.17, 15) is 18.0 Å². The molecule has 0 aliphatic heterocycles. The van der Waals surface area contributed by atoms with Gasteiger partial charge < -0.3 is 10.2 Å². The molecule has 0 saturated heterocycles. The zero-order valence-electron chi connectivity index (χ0n) is 20.0. The van der Waals surface area contributed by atoms with E-state index in [0.717, 1.165) is 14.1 Å². The molecular formula is C24H31ClIN3O4S. The van der Waals surface area contributed by atoms with Gasteiger partial charge in [0.25, 0.3) is 0 Å². The van der Waals surface area contributed by atoms with Gasteiger partial charge in [0.15, 0.2) is 0 Å². The van der Waals surface area contributed by atoms with Crippen LogP contribution in [-0.2, 0) is 26.2 Å². The fraction of sp³-hybridized carbons (Fsp3) is 0.417. The molecule has 34 heavy (non-hydrogen) atoms. The molecule has 0 heterocycles. The molecule has 7 nitrogen and oxygen atoms in total. The van der Waals surface area contributed by atoms with Gasteiger partial charge in [-0.15, -0.1) is 0 Å². The van der Waals surface area contributed by atoms with Crippen molar-refractivity contribution in [2.24, 2.45) is 0 Å². The van der Waals surface area contributed by atoms with Gasteiger partial charge in [-0.1, -0.05) is 36.7 Å². The Bertz CT molecular complexity index is 1120. The van der Waals surface area contributed by atoms with Crippen molar-refractivity contribution >= 4 is 61.7 Å². The summed E-state index contributed by atoms with van der Waals surface area (Å²) < 4.78 is 27.2. The average molecular weight is 620 g/mol. The van der Waals surface area contributed by atoms with Gasteiger partial charge in [-0.05, 0) is 85.7 Å². The molecular weight excluding hydrogens is 589 g/mol. The number of nitrogens with zero attached hydrogens (tertiary/aromatic N) is 2. The molecule has 1 N–H and O–H groups in total. The van der Waals surface area contributed by atoms with E-state index in [0.29, 0.717) is 22.7 Å². The van der Waals surface area contributed by atoms with Crippen LogP contribution in [0.5, 0.6) is 0 Å². The predicted octanol–water partition coefficient (Wildman–Crippen LogP) is 4.43. The molecule has 2 rings (SSSR count). The minimum atomic E-state index is -3.77. The van der Waals surface area contributed by atoms with E-state index in [-0.39, 0.29) is 12.5 Å². The normalized spacial score (nSPS) is 12.7. The monoisotopic (exact) mass is 619 g/mol. The highest BCUT2D eigenvalue weighted by molar-refractivity contribution is 14.1. The Morgan fingerprint density at radius 2 is 1.68 bits per heavy atom. The Kier molecular flexibility index (Phi) is 9.79. The number of hydrogen-bond donors (Lipinski definition) is 1. The minimum Gasteiger partial charge on any atom is -0.350 e. The molecule has 0 unspecified atom stereocenters. The fourth-order valence-electron chi connectivity index (χ4n) is 3.40. The summed E-state index contributed by atoms with van der Waals surface area (Å²) in [4.78, 5) is 28.2. The largest absolute Gasteiger partial charge is 0.350 e. The lowest BCUT2D eigenvalue weighted by atomic mass is 10.1. The van der Waals surface area contributed by atoms with Crippen molar-refractivity contribution in [3.8, 4) is 0 Å². The van der Waals surface area contributed by atoms with Gasteiger partial charge in [-0.3, -0.25) is 13.9 Å². The van der Waals surface area contributed by atoms with Crippen LogP contribution in [0.25, 0.3) is 0 Å². The molecule has 2 amide bonds. The van der Waals surface area contributed by atoms with Gasteiger partial charge in [-0.2, -0.15) is 0 Å². The number of sulfonamides is 1. The molecule has 2 aromatic rings. The van der Waals surface area contributed by atoms with Gasteiger partial charge in [0.1, 0.15) is 12.6 Å². The summed E-state index contributed by atoms with van der Waals surface area (Å²) in [5.41, 5.74) is 0.546. The quantitative estimate of drug-likeness (QED) is 0.421. The van der Waals surface area contributed by atoms with Crippen molar-refractivity contribution in [3.05, 3.63) is 62.7 Å². The number of hydrogen-bond acceptors (Lipinski definition) is 4. The first-order chi connectivity index (χ1) is 15.7. The van der Waals surface area contributed by atoms with Crippen LogP contribution >= 0.6 is 34.2 Å². The molecule has 10 heteroatoms. The molecule has 0 spiro atoms. The predicted molar refractivity (Wildman–Crippen MR) is 145 cm³/mol. The van der Waals surface area contributed by atoms with E-state index < -0.39 is 34.1 Å². The minimum absolute atomic E-state index is 0.0683. The van der Waals surface area contributed by atoms with Crippen LogP contribution in [0.2, 0.25) is 5.02 Å². The third-order valence-electron chi connectivity index (χ3n) is 4.98. The fourth-order valence-corrected chi connectivity index (χ4v) is 4.81. The lowest BCUT2D eigenvalue weighted by Gasteiger charge is -2.34. The molecule has 0 fully saturated rings. The Balaban J connectivity index is 2.46. The van der Waals surface area contributed by atoms with Gasteiger partial charge in [-0.25, -0.2) is 8.42 Å². The molecule has 186 valence electrons. The molecule has 0 aromatic heterocycles. The molecule has 2 aromatic carbocycles. The highest BCUT2D eigenvalue weighted by Gasteiger charge is 2.33. The maximum absolute atomic E-state index is 13.6. The lowest BCUT2D eigenvalue weighted by molar-refractivity contribution is -0.141. The van der Waals surface area contributed by atoms with Crippen molar-refractivity contribution < 1.29 is 18.0 Å². The first kappa shape index (κ1) is 28.4. The van der Waals surface area contributed by atoms with Crippen molar-refractivity contribution in [2.75, 3.05) is 17.1 Å². The van der Waals surface area contributed by atoms with Crippen LogP contribution in [0.3, 0.4) is 0 Å². The van der Waals surface area contributed by atoms with Crippen molar-refractivity contribution in [1.82, 2.24) is 10.2 Å². The summed E-state index contributed by atoms with van der Waals surface area (Å²) in [6, 6.07) is 13.1. The average Bonchev–Trinajstić information content (AvgIpc) is 2.71. The van der Waals surface area contributed by atoms with Crippen molar-refractivity contribution in [3.63, 3.8) is 0 Å². The zero-order chi connectivity index (χ0) is 25.7. The lowest BCUT2D eigenvalue weighted by Crippen LogP contribution is -2.55.